The Labute approximate surface area is 81.4 Å². The van der Waals surface area contributed by atoms with E-state index in [4.69, 9.17) is 10.00 Å². The van der Waals surface area contributed by atoms with Gasteiger partial charge in [0.15, 0.2) is 6.61 Å². The Morgan fingerprint density at radius 3 is 2.93 bits per heavy atom. The van der Waals surface area contributed by atoms with Crippen LogP contribution < -0.4 is 4.74 Å². The Morgan fingerprint density at radius 1 is 1.64 bits per heavy atom. The molecule has 0 aromatic heterocycles. The fourth-order valence-electron chi connectivity index (χ4n) is 1.09. The van der Waals surface area contributed by atoms with Crippen LogP contribution in [0.25, 0.3) is 0 Å². The molecule has 0 aliphatic heterocycles. The molecule has 0 radical (unpaired) electrons. The van der Waals surface area contributed by atoms with E-state index in [1.165, 1.54) is 25.1 Å². The maximum absolute atomic E-state index is 12.8. The molecule has 0 aliphatic rings. The van der Waals surface area contributed by atoms with Gasteiger partial charge in [-0.25, -0.2) is 4.39 Å². The van der Waals surface area contributed by atoms with E-state index in [1.54, 1.807) is 6.07 Å². The predicted molar refractivity (Wildman–Crippen MR) is 48.1 cm³/mol. The molecule has 4 heteroatoms. The maximum Gasteiger partial charge on any atom is 0.174 e. The molecule has 0 unspecified atom stereocenters. The molecule has 0 bridgehead atoms. The zero-order valence-corrected chi connectivity index (χ0v) is 7.70. The van der Waals surface area contributed by atoms with Gasteiger partial charge in [0.05, 0.1) is 6.10 Å². The minimum atomic E-state index is -0.820. The zero-order chi connectivity index (χ0) is 10.6. The summed E-state index contributed by atoms with van der Waals surface area (Å²) in [6, 6.07) is 5.61. The van der Waals surface area contributed by atoms with Gasteiger partial charge in [-0.2, -0.15) is 5.26 Å². The summed E-state index contributed by atoms with van der Waals surface area (Å²) in [6.45, 7) is 1.39. The third kappa shape index (κ3) is 2.44. The first-order valence-corrected chi connectivity index (χ1v) is 4.12. The SMILES string of the molecule is C[C@@H](O)c1cc(F)ccc1OCC#N. The highest BCUT2D eigenvalue weighted by Crippen LogP contribution is 2.25. The standard InChI is InChI=1S/C10H10FNO2/c1-7(13)9-6-8(11)2-3-10(9)14-5-4-12/h2-3,6-7,13H,5H2,1H3/t7-/m1/s1. The quantitative estimate of drug-likeness (QED) is 0.799. The first kappa shape index (κ1) is 10.5. The minimum Gasteiger partial charge on any atom is -0.478 e. The Bertz CT molecular complexity index is 358. The molecule has 0 amide bonds. The van der Waals surface area contributed by atoms with Gasteiger partial charge in [0, 0.05) is 5.56 Å². The molecular weight excluding hydrogens is 185 g/mol. The summed E-state index contributed by atoms with van der Waals surface area (Å²) >= 11 is 0. The van der Waals surface area contributed by atoms with Gasteiger partial charge < -0.3 is 9.84 Å². The van der Waals surface area contributed by atoms with E-state index in [9.17, 15) is 9.50 Å². The molecule has 0 heterocycles. The first-order valence-electron chi connectivity index (χ1n) is 4.12. The lowest BCUT2D eigenvalue weighted by atomic mass is 10.1. The number of halogens is 1. The number of hydrogen-bond donors (Lipinski definition) is 1. The van der Waals surface area contributed by atoms with Crippen LogP contribution in [-0.4, -0.2) is 11.7 Å². The van der Waals surface area contributed by atoms with Gasteiger partial charge >= 0.3 is 0 Å². The first-order chi connectivity index (χ1) is 6.65. The van der Waals surface area contributed by atoms with Crippen molar-refractivity contribution in [3.05, 3.63) is 29.6 Å². The smallest absolute Gasteiger partial charge is 0.174 e. The van der Waals surface area contributed by atoms with Gasteiger partial charge in [-0.15, -0.1) is 0 Å². The van der Waals surface area contributed by atoms with E-state index < -0.39 is 11.9 Å². The summed E-state index contributed by atoms with van der Waals surface area (Å²) in [6.07, 6.45) is -0.820. The molecule has 0 fully saturated rings. The zero-order valence-electron chi connectivity index (χ0n) is 7.70. The van der Waals surface area contributed by atoms with Crippen molar-refractivity contribution in [2.45, 2.75) is 13.0 Å². The van der Waals surface area contributed by atoms with Crippen LogP contribution in [0.15, 0.2) is 18.2 Å². The molecule has 1 aromatic rings. The van der Waals surface area contributed by atoms with Crippen molar-refractivity contribution in [3.63, 3.8) is 0 Å². The maximum atomic E-state index is 12.8. The average molecular weight is 195 g/mol. The van der Waals surface area contributed by atoms with E-state index in [-0.39, 0.29) is 6.61 Å². The molecule has 0 aliphatic carbocycles. The molecule has 0 saturated carbocycles. The van der Waals surface area contributed by atoms with E-state index in [2.05, 4.69) is 0 Å². The number of aliphatic hydroxyl groups is 1. The number of rotatable bonds is 3. The normalized spacial score (nSPS) is 11.9. The highest BCUT2D eigenvalue weighted by atomic mass is 19.1. The van der Waals surface area contributed by atoms with Crippen LogP contribution >= 0.6 is 0 Å². The second-order valence-corrected chi connectivity index (χ2v) is 2.80. The van der Waals surface area contributed by atoms with Gasteiger partial charge in [0.1, 0.15) is 17.6 Å². The van der Waals surface area contributed by atoms with Gasteiger partial charge in [-0.1, -0.05) is 0 Å². The van der Waals surface area contributed by atoms with Gasteiger partial charge in [0.25, 0.3) is 0 Å². The molecule has 0 saturated heterocycles. The number of ether oxygens (including phenoxy) is 1. The van der Waals surface area contributed by atoms with E-state index >= 15 is 0 Å². The topological polar surface area (TPSA) is 53.2 Å². The Kier molecular flexibility index (Phi) is 3.43. The fraction of sp³-hybridized carbons (Fsp3) is 0.300. The second-order valence-electron chi connectivity index (χ2n) is 2.80. The van der Waals surface area contributed by atoms with Crippen molar-refractivity contribution in [1.82, 2.24) is 0 Å². The highest BCUT2D eigenvalue weighted by Gasteiger charge is 2.10. The Hall–Kier alpha value is -1.60. The van der Waals surface area contributed by atoms with Crippen LogP contribution in [0.4, 0.5) is 4.39 Å². The molecule has 3 nitrogen and oxygen atoms in total. The highest BCUT2D eigenvalue weighted by molar-refractivity contribution is 5.35. The predicted octanol–water partition coefficient (Wildman–Crippen LogP) is 1.78. The van der Waals surface area contributed by atoms with Crippen LogP contribution in [0, 0.1) is 17.1 Å². The van der Waals surface area contributed by atoms with E-state index in [0.29, 0.717) is 11.3 Å². The minimum absolute atomic E-state index is 0.120. The molecule has 1 atom stereocenters. The van der Waals surface area contributed by atoms with Crippen molar-refractivity contribution in [1.29, 1.82) is 5.26 Å². The van der Waals surface area contributed by atoms with Crippen LogP contribution in [0.2, 0.25) is 0 Å². The lowest BCUT2D eigenvalue weighted by Crippen LogP contribution is -2.01. The average Bonchev–Trinajstić information content (AvgIpc) is 2.15. The third-order valence-electron chi connectivity index (χ3n) is 1.71. The lowest BCUT2D eigenvalue weighted by molar-refractivity contribution is 0.192. The molecular formula is C10H10FNO2. The van der Waals surface area contributed by atoms with Crippen molar-refractivity contribution in [2.24, 2.45) is 0 Å². The van der Waals surface area contributed by atoms with Crippen molar-refractivity contribution in [3.8, 4) is 11.8 Å². The fourth-order valence-corrected chi connectivity index (χ4v) is 1.09. The number of nitriles is 1. The summed E-state index contributed by atoms with van der Waals surface area (Å²) in [7, 11) is 0. The lowest BCUT2D eigenvalue weighted by Gasteiger charge is -2.11. The van der Waals surface area contributed by atoms with Gasteiger partial charge in [0.2, 0.25) is 0 Å². The van der Waals surface area contributed by atoms with Gasteiger partial charge in [-0.3, -0.25) is 0 Å². The van der Waals surface area contributed by atoms with Crippen molar-refractivity contribution >= 4 is 0 Å². The van der Waals surface area contributed by atoms with Crippen molar-refractivity contribution in [2.75, 3.05) is 6.61 Å². The third-order valence-corrected chi connectivity index (χ3v) is 1.71. The van der Waals surface area contributed by atoms with Crippen LogP contribution in [-0.2, 0) is 0 Å². The van der Waals surface area contributed by atoms with E-state index in [0.717, 1.165) is 0 Å². The summed E-state index contributed by atoms with van der Waals surface area (Å²) in [5.41, 5.74) is 0.347. The van der Waals surface area contributed by atoms with E-state index in [1.807, 2.05) is 0 Å². The molecule has 74 valence electrons. The van der Waals surface area contributed by atoms with Gasteiger partial charge in [-0.05, 0) is 25.1 Å². The Morgan fingerprint density at radius 2 is 2.36 bits per heavy atom. The summed E-state index contributed by atoms with van der Waals surface area (Å²) in [4.78, 5) is 0. The molecule has 0 spiro atoms. The van der Waals surface area contributed by atoms with Crippen LogP contribution in [0.5, 0.6) is 5.75 Å². The summed E-state index contributed by atoms with van der Waals surface area (Å²) in [5, 5.41) is 17.6. The molecule has 1 aromatic carbocycles. The number of aliphatic hydroxyl groups excluding tert-OH is 1. The largest absolute Gasteiger partial charge is 0.478 e. The molecule has 1 N–H and O–H groups in total. The molecule has 1 rings (SSSR count). The van der Waals surface area contributed by atoms with Crippen LogP contribution in [0.1, 0.15) is 18.6 Å². The Balaban J connectivity index is 2.97. The number of benzene rings is 1. The molecule has 14 heavy (non-hydrogen) atoms. The van der Waals surface area contributed by atoms with Crippen LogP contribution in [0.3, 0.4) is 0 Å². The number of nitrogens with zero attached hydrogens (tertiary/aromatic N) is 1. The monoisotopic (exact) mass is 195 g/mol. The number of hydrogen-bond acceptors (Lipinski definition) is 3. The summed E-state index contributed by atoms with van der Waals surface area (Å²) < 4.78 is 17.8. The second kappa shape index (κ2) is 4.58. The summed E-state index contributed by atoms with van der Waals surface area (Å²) in [5.74, 6) is -0.104. The van der Waals surface area contributed by atoms with Crippen molar-refractivity contribution < 1.29 is 14.2 Å².